The van der Waals surface area contributed by atoms with E-state index in [4.69, 9.17) is 4.74 Å². The van der Waals surface area contributed by atoms with E-state index in [1.807, 2.05) is 0 Å². The topological polar surface area (TPSA) is 53.9 Å². The molecule has 5 heteroatoms. The van der Waals surface area contributed by atoms with Crippen LogP contribution in [0.4, 0.5) is 0 Å². The molecule has 25 heavy (non-hydrogen) atoms. The largest absolute Gasteiger partial charge is 0.469 e. The second kappa shape index (κ2) is 10.1. The standard InChI is InChI=1S/C20H31N3O2/c1-16-14-23(15-18(16)19(24)25-3)20(21-2)22-13-9-5-8-12-17-10-6-4-7-11-17/h4,6-7,10-11,16,18H,5,8-9,12-15H2,1-3H3,(H,21,22). The zero-order valence-electron chi connectivity index (χ0n) is 15.7. The van der Waals surface area contributed by atoms with Gasteiger partial charge in [0.05, 0.1) is 13.0 Å². The quantitative estimate of drug-likeness (QED) is 0.357. The van der Waals surface area contributed by atoms with Crippen molar-refractivity contribution in [3.05, 3.63) is 35.9 Å². The molecule has 2 rings (SSSR count). The molecule has 1 aromatic carbocycles. The number of likely N-dealkylation sites (tertiary alicyclic amines) is 1. The molecule has 0 radical (unpaired) electrons. The minimum absolute atomic E-state index is 0.0607. The summed E-state index contributed by atoms with van der Waals surface area (Å²) in [5.74, 6) is 0.999. The van der Waals surface area contributed by atoms with E-state index in [9.17, 15) is 4.79 Å². The first kappa shape index (κ1) is 19.3. The lowest BCUT2D eigenvalue weighted by Gasteiger charge is -2.21. The number of carbonyl (C=O) groups is 1. The van der Waals surface area contributed by atoms with Gasteiger partial charge in [-0.2, -0.15) is 0 Å². The lowest BCUT2D eigenvalue weighted by molar-refractivity contribution is -0.145. The molecule has 0 bridgehead atoms. The van der Waals surface area contributed by atoms with Crippen LogP contribution in [0, 0.1) is 11.8 Å². The second-order valence-electron chi connectivity index (χ2n) is 6.78. The van der Waals surface area contributed by atoms with Gasteiger partial charge < -0.3 is 15.0 Å². The van der Waals surface area contributed by atoms with E-state index in [0.717, 1.165) is 31.9 Å². The van der Waals surface area contributed by atoms with E-state index >= 15 is 0 Å². The van der Waals surface area contributed by atoms with Crippen molar-refractivity contribution >= 4 is 11.9 Å². The fraction of sp³-hybridized carbons (Fsp3) is 0.600. The van der Waals surface area contributed by atoms with Gasteiger partial charge in [0.15, 0.2) is 5.96 Å². The van der Waals surface area contributed by atoms with Crippen LogP contribution in [-0.4, -0.2) is 50.6 Å². The Kier molecular flexibility index (Phi) is 7.76. The summed E-state index contributed by atoms with van der Waals surface area (Å²) >= 11 is 0. The average molecular weight is 345 g/mol. The number of methoxy groups -OCH3 is 1. The molecule has 5 nitrogen and oxygen atoms in total. The van der Waals surface area contributed by atoms with Gasteiger partial charge in [0, 0.05) is 26.7 Å². The van der Waals surface area contributed by atoms with Crippen molar-refractivity contribution in [1.82, 2.24) is 10.2 Å². The Hall–Kier alpha value is -2.04. The van der Waals surface area contributed by atoms with Gasteiger partial charge in [-0.15, -0.1) is 0 Å². The molecule has 138 valence electrons. The number of aliphatic imine (C=N–C) groups is 1. The number of benzene rings is 1. The van der Waals surface area contributed by atoms with Gasteiger partial charge in [-0.05, 0) is 30.7 Å². The minimum atomic E-state index is -0.119. The maximum absolute atomic E-state index is 11.8. The number of guanidine groups is 1. The molecule has 0 saturated carbocycles. The Morgan fingerprint density at radius 3 is 2.68 bits per heavy atom. The number of hydrogen-bond donors (Lipinski definition) is 1. The molecular formula is C20H31N3O2. The molecule has 0 spiro atoms. The molecular weight excluding hydrogens is 314 g/mol. The summed E-state index contributed by atoms with van der Waals surface area (Å²) in [7, 11) is 3.26. The highest BCUT2D eigenvalue weighted by atomic mass is 16.5. The normalized spacial score (nSPS) is 20.6. The summed E-state index contributed by atoms with van der Waals surface area (Å²) in [5, 5.41) is 3.43. The molecule has 0 aliphatic carbocycles. The monoisotopic (exact) mass is 345 g/mol. The highest BCUT2D eigenvalue weighted by Crippen LogP contribution is 2.24. The third-order valence-electron chi connectivity index (χ3n) is 4.90. The van der Waals surface area contributed by atoms with Crippen LogP contribution >= 0.6 is 0 Å². The van der Waals surface area contributed by atoms with Crippen LogP contribution in [0.2, 0.25) is 0 Å². The molecule has 2 atom stereocenters. The fourth-order valence-electron chi connectivity index (χ4n) is 3.41. The number of carbonyl (C=O) groups excluding carboxylic acids is 1. The lowest BCUT2D eigenvalue weighted by atomic mass is 9.99. The molecule has 1 aliphatic rings. The molecule has 1 aliphatic heterocycles. The van der Waals surface area contributed by atoms with Crippen LogP contribution in [-0.2, 0) is 16.0 Å². The summed E-state index contributed by atoms with van der Waals surface area (Å²) in [6.45, 7) is 4.53. The Bertz CT molecular complexity index is 559. The zero-order valence-corrected chi connectivity index (χ0v) is 15.7. The van der Waals surface area contributed by atoms with Crippen LogP contribution < -0.4 is 5.32 Å². The van der Waals surface area contributed by atoms with Crippen molar-refractivity contribution in [3.63, 3.8) is 0 Å². The van der Waals surface area contributed by atoms with Gasteiger partial charge in [0.1, 0.15) is 0 Å². The summed E-state index contributed by atoms with van der Waals surface area (Å²) in [4.78, 5) is 18.4. The average Bonchev–Trinajstić information content (AvgIpc) is 3.03. The Morgan fingerprint density at radius 1 is 1.24 bits per heavy atom. The predicted octanol–water partition coefficient (Wildman–Crippen LogP) is 2.72. The molecule has 1 aromatic rings. The Balaban J connectivity index is 1.66. The molecule has 1 N–H and O–H groups in total. The first-order chi connectivity index (χ1) is 12.2. The van der Waals surface area contributed by atoms with E-state index in [-0.39, 0.29) is 17.8 Å². The van der Waals surface area contributed by atoms with Gasteiger partial charge in [-0.25, -0.2) is 0 Å². The number of aryl methyl sites for hydroxylation is 1. The van der Waals surface area contributed by atoms with Crippen LogP contribution in [0.3, 0.4) is 0 Å². The van der Waals surface area contributed by atoms with Gasteiger partial charge in [0.2, 0.25) is 0 Å². The maximum atomic E-state index is 11.8. The van der Waals surface area contributed by atoms with Gasteiger partial charge in [-0.3, -0.25) is 9.79 Å². The van der Waals surface area contributed by atoms with E-state index < -0.39 is 0 Å². The van der Waals surface area contributed by atoms with E-state index in [1.165, 1.54) is 25.5 Å². The van der Waals surface area contributed by atoms with Crippen LogP contribution in [0.25, 0.3) is 0 Å². The Morgan fingerprint density at radius 2 is 2.00 bits per heavy atom. The van der Waals surface area contributed by atoms with Crippen molar-refractivity contribution in [1.29, 1.82) is 0 Å². The summed E-state index contributed by atoms with van der Waals surface area (Å²) < 4.78 is 4.90. The van der Waals surface area contributed by atoms with Gasteiger partial charge in [0.25, 0.3) is 0 Å². The lowest BCUT2D eigenvalue weighted by Crippen LogP contribution is -2.41. The van der Waals surface area contributed by atoms with Crippen LogP contribution in [0.15, 0.2) is 35.3 Å². The smallest absolute Gasteiger partial charge is 0.310 e. The molecule has 0 amide bonds. The van der Waals surface area contributed by atoms with Crippen molar-refractivity contribution in [3.8, 4) is 0 Å². The van der Waals surface area contributed by atoms with Gasteiger partial charge in [-0.1, -0.05) is 43.7 Å². The Labute approximate surface area is 151 Å². The van der Waals surface area contributed by atoms with Crippen molar-refractivity contribution in [2.45, 2.75) is 32.6 Å². The summed E-state index contributed by atoms with van der Waals surface area (Å²) in [6, 6.07) is 10.6. The fourth-order valence-corrected chi connectivity index (χ4v) is 3.41. The molecule has 1 saturated heterocycles. The zero-order chi connectivity index (χ0) is 18.1. The van der Waals surface area contributed by atoms with E-state index in [1.54, 1.807) is 7.05 Å². The van der Waals surface area contributed by atoms with Gasteiger partial charge >= 0.3 is 5.97 Å². The van der Waals surface area contributed by atoms with Crippen molar-refractivity contribution in [2.75, 3.05) is 33.8 Å². The third kappa shape index (κ3) is 5.76. The molecule has 0 aromatic heterocycles. The third-order valence-corrected chi connectivity index (χ3v) is 4.90. The molecule has 1 heterocycles. The van der Waals surface area contributed by atoms with Crippen LogP contribution in [0.5, 0.6) is 0 Å². The minimum Gasteiger partial charge on any atom is -0.469 e. The second-order valence-corrected chi connectivity index (χ2v) is 6.78. The maximum Gasteiger partial charge on any atom is 0.310 e. The number of hydrogen-bond acceptors (Lipinski definition) is 3. The van der Waals surface area contributed by atoms with E-state index in [2.05, 4.69) is 52.5 Å². The first-order valence-electron chi connectivity index (χ1n) is 9.23. The summed E-state index contributed by atoms with van der Waals surface area (Å²) in [6.07, 6.45) is 4.66. The molecule has 1 fully saturated rings. The first-order valence-corrected chi connectivity index (χ1v) is 9.23. The van der Waals surface area contributed by atoms with Crippen molar-refractivity contribution < 1.29 is 9.53 Å². The highest BCUT2D eigenvalue weighted by molar-refractivity contribution is 5.82. The summed E-state index contributed by atoms with van der Waals surface area (Å²) in [5.41, 5.74) is 1.41. The predicted molar refractivity (Wildman–Crippen MR) is 102 cm³/mol. The number of rotatable bonds is 7. The highest BCUT2D eigenvalue weighted by Gasteiger charge is 2.36. The number of nitrogens with zero attached hydrogens (tertiary/aromatic N) is 2. The molecule has 2 unspecified atom stereocenters. The number of unbranched alkanes of at least 4 members (excludes halogenated alkanes) is 2. The number of nitrogens with one attached hydrogen (secondary N) is 1. The number of esters is 1. The van der Waals surface area contributed by atoms with Crippen LogP contribution in [0.1, 0.15) is 31.7 Å². The number of ether oxygens (including phenoxy) is 1. The SMILES string of the molecule is CN=C(NCCCCCc1ccccc1)N1CC(C)C(C(=O)OC)C1. The van der Waals surface area contributed by atoms with Crippen molar-refractivity contribution in [2.24, 2.45) is 16.8 Å². The van der Waals surface area contributed by atoms with E-state index in [0.29, 0.717) is 6.54 Å².